The molecule has 0 aromatic carbocycles. The maximum absolute atomic E-state index is 13.5. The molecule has 3 nitrogen and oxygen atoms in total. The van der Waals surface area contributed by atoms with Crippen molar-refractivity contribution in [1.82, 2.24) is 9.88 Å². The molecule has 0 radical (unpaired) electrons. The van der Waals surface area contributed by atoms with Crippen LogP contribution in [0.2, 0.25) is 0 Å². The lowest BCUT2D eigenvalue weighted by atomic mass is 9.93. The van der Waals surface area contributed by atoms with Gasteiger partial charge in [-0.3, -0.25) is 9.78 Å². The second-order valence-corrected chi connectivity index (χ2v) is 4.83. The Kier molecular flexibility index (Phi) is 3.41. The molecular formula is C13H17FN2O. The number of pyridine rings is 1. The molecule has 0 spiro atoms. The first-order valence-electron chi connectivity index (χ1n) is 6.00. The summed E-state index contributed by atoms with van der Waals surface area (Å²) < 4.78 is 13.5. The van der Waals surface area contributed by atoms with Gasteiger partial charge in [-0.1, -0.05) is 6.92 Å². The maximum atomic E-state index is 13.5. The number of piperidine rings is 1. The van der Waals surface area contributed by atoms with E-state index in [1.807, 2.05) is 6.92 Å². The van der Waals surface area contributed by atoms with Crippen molar-refractivity contribution in [2.75, 3.05) is 6.54 Å². The lowest BCUT2D eigenvalue weighted by molar-refractivity contribution is 0.0583. The number of hydrogen-bond acceptors (Lipinski definition) is 2. The molecule has 2 atom stereocenters. The molecule has 2 rings (SSSR count). The smallest absolute Gasteiger partial charge is 0.257 e. The van der Waals surface area contributed by atoms with E-state index in [0.717, 1.165) is 19.0 Å². The third-order valence-electron chi connectivity index (χ3n) is 3.40. The number of rotatable bonds is 1. The standard InChI is InChI=1S/C13H17FN2O/c1-9-4-6-16(10(2)7-9)13(17)11-3-5-15-8-12(11)14/h3,5,8-10H,4,6-7H2,1-2H3. The molecule has 17 heavy (non-hydrogen) atoms. The van der Waals surface area contributed by atoms with Crippen LogP contribution in [0.1, 0.15) is 37.0 Å². The summed E-state index contributed by atoms with van der Waals surface area (Å²) in [7, 11) is 0. The van der Waals surface area contributed by atoms with Crippen molar-refractivity contribution in [3.63, 3.8) is 0 Å². The number of carbonyl (C=O) groups excluding carboxylic acids is 1. The Labute approximate surface area is 101 Å². The van der Waals surface area contributed by atoms with Gasteiger partial charge in [-0.05, 0) is 31.7 Å². The third-order valence-corrected chi connectivity index (χ3v) is 3.40. The van der Waals surface area contributed by atoms with E-state index in [-0.39, 0.29) is 17.5 Å². The fraction of sp³-hybridized carbons (Fsp3) is 0.538. The molecule has 4 heteroatoms. The van der Waals surface area contributed by atoms with E-state index in [9.17, 15) is 9.18 Å². The van der Waals surface area contributed by atoms with Gasteiger partial charge < -0.3 is 4.90 Å². The molecule has 2 heterocycles. The van der Waals surface area contributed by atoms with E-state index in [0.29, 0.717) is 12.5 Å². The van der Waals surface area contributed by atoms with Crippen molar-refractivity contribution in [2.45, 2.75) is 32.7 Å². The summed E-state index contributed by atoms with van der Waals surface area (Å²) in [4.78, 5) is 17.6. The Bertz CT molecular complexity index is 422. The largest absolute Gasteiger partial charge is 0.336 e. The van der Waals surface area contributed by atoms with Crippen LogP contribution in [0.25, 0.3) is 0 Å². The predicted molar refractivity (Wildman–Crippen MR) is 63.1 cm³/mol. The molecular weight excluding hydrogens is 219 g/mol. The molecule has 1 aliphatic rings. The van der Waals surface area contributed by atoms with Crippen LogP contribution in [0, 0.1) is 11.7 Å². The second kappa shape index (κ2) is 4.82. The van der Waals surface area contributed by atoms with Crippen LogP contribution in [0.5, 0.6) is 0 Å². The number of amides is 1. The zero-order chi connectivity index (χ0) is 12.4. The summed E-state index contributed by atoms with van der Waals surface area (Å²) in [5.74, 6) is -0.121. The van der Waals surface area contributed by atoms with Gasteiger partial charge in [0.25, 0.3) is 5.91 Å². The van der Waals surface area contributed by atoms with Crippen LogP contribution in [0.3, 0.4) is 0 Å². The molecule has 0 saturated carbocycles. The molecule has 1 aromatic heterocycles. The highest BCUT2D eigenvalue weighted by Gasteiger charge is 2.28. The summed E-state index contributed by atoms with van der Waals surface area (Å²) in [6.45, 7) is 4.92. The highest BCUT2D eigenvalue weighted by atomic mass is 19.1. The first-order chi connectivity index (χ1) is 8.09. The average molecular weight is 236 g/mol. The number of halogens is 1. The lowest BCUT2D eigenvalue weighted by Crippen LogP contribution is -2.44. The zero-order valence-corrected chi connectivity index (χ0v) is 10.2. The minimum atomic E-state index is -0.539. The molecule has 0 aliphatic carbocycles. The highest BCUT2D eigenvalue weighted by molar-refractivity contribution is 5.94. The molecule has 0 N–H and O–H groups in total. The van der Waals surface area contributed by atoms with Gasteiger partial charge >= 0.3 is 0 Å². The number of hydrogen-bond donors (Lipinski definition) is 0. The number of carbonyl (C=O) groups is 1. The highest BCUT2D eigenvalue weighted by Crippen LogP contribution is 2.24. The Morgan fingerprint density at radius 2 is 2.29 bits per heavy atom. The number of likely N-dealkylation sites (tertiary alicyclic amines) is 1. The predicted octanol–water partition coefficient (Wildman–Crippen LogP) is 2.48. The van der Waals surface area contributed by atoms with Gasteiger partial charge in [0.05, 0.1) is 11.8 Å². The van der Waals surface area contributed by atoms with Gasteiger partial charge in [-0.25, -0.2) is 4.39 Å². The molecule has 1 aliphatic heterocycles. The molecule has 1 amide bonds. The minimum absolute atomic E-state index is 0.126. The third kappa shape index (κ3) is 2.46. The summed E-state index contributed by atoms with van der Waals surface area (Å²) >= 11 is 0. The number of aromatic nitrogens is 1. The van der Waals surface area contributed by atoms with Gasteiger partial charge in [0.1, 0.15) is 0 Å². The van der Waals surface area contributed by atoms with E-state index in [2.05, 4.69) is 11.9 Å². The monoisotopic (exact) mass is 236 g/mol. The zero-order valence-electron chi connectivity index (χ0n) is 10.2. The van der Waals surface area contributed by atoms with Crippen LogP contribution in [0.4, 0.5) is 4.39 Å². The normalized spacial score (nSPS) is 24.8. The topological polar surface area (TPSA) is 33.2 Å². The van der Waals surface area contributed by atoms with Crippen LogP contribution in [-0.4, -0.2) is 28.4 Å². The molecule has 1 aromatic rings. The maximum Gasteiger partial charge on any atom is 0.257 e. The van der Waals surface area contributed by atoms with Gasteiger partial charge in [0.15, 0.2) is 5.82 Å². The fourth-order valence-electron chi connectivity index (χ4n) is 2.41. The van der Waals surface area contributed by atoms with Gasteiger partial charge in [-0.15, -0.1) is 0 Å². The van der Waals surface area contributed by atoms with E-state index in [1.165, 1.54) is 12.3 Å². The van der Waals surface area contributed by atoms with E-state index in [1.54, 1.807) is 4.90 Å². The molecule has 1 saturated heterocycles. The summed E-state index contributed by atoms with van der Waals surface area (Å²) in [5.41, 5.74) is 0.126. The van der Waals surface area contributed by atoms with Crippen LogP contribution in [-0.2, 0) is 0 Å². The summed E-state index contributed by atoms with van der Waals surface area (Å²) in [6, 6.07) is 1.63. The van der Waals surface area contributed by atoms with Gasteiger partial charge in [0, 0.05) is 18.8 Å². The van der Waals surface area contributed by atoms with Gasteiger partial charge in [0.2, 0.25) is 0 Å². The SMILES string of the molecule is CC1CCN(C(=O)c2ccncc2F)C(C)C1. The Morgan fingerprint density at radius 1 is 1.53 bits per heavy atom. The first kappa shape index (κ1) is 12.0. The van der Waals surface area contributed by atoms with Crippen molar-refractivity contribution in [3.05, 3.63) is 29.8 Å². The van der Waals surface area contributed by atoms with E-state index >= 15 is 0 Å². The van der Waals surface area contributed by atoms with Crippen molar-refractivity contribution < 1.29 is 9.18 Å². The molecule has 1 fully saturated rings. The average Bonchev–Trinajstić information content (AvgIpc) is 2.29. The van der Waals surface area contributed by atoms with E-state index < -0.39 is 5.82 Å². The molecule has 92 valence electrons. The van der Waals surface area contributed by atoms with Crippen molar-refractivity contribution in [3.8, 4) is 0 Å². The first-order valence-corrected chi connectivity index (χ1v) is 6.00. The second-order valence-electron chi connectivity index (χ2n) is 4.83. The van der Waals surface area contributed by atoms with Crippen LogP contribution in [0.15, 0.2) is 18.5 Å². The fourth-order valence-corrected chi connectivity index (χ4v) is 2.41. The minimum Gasteiger partial charge on any atom is -0.336 e. The van der Waals surface area contributed by atoms with Gasteiger partial charge in [-0.2, -0.15) is 0 Å². The van der Waals surface area contributed by atoms with Crippen molar-refractivity contribution in [2.24, 2.45) is 5.92 Å². The van der Waals surface area contributed by atoms with E-state index in [4.69, 9.17) is 0 Å². The van der Waals surface area contributed by atoms with Crippen molar-refractivity contribution in [1.29, 1.82) is 0 Å². The lowest BCUT2D eigenvalue weighted by Gasteiger charge is -2.36. The van der Waals surface area contributed by atoms with Crippen LogP contribution >= 0.6 is 0 Å². The van der Waals surface area contributed by atoms with Crippen LogP contribution < -0.4 is 0 Å². The Balaban J connectivity index is 2.18. The molecule has 2 unspecified atom stereocenters. The summed E-state index contributed by atoms with van der Waals surface area (Å²) in [5, 5.41) is 0. The molecule has 0 bridgehead atoms. The quantitative estimate of drug-likeness (QED) is 0.750. The Morgan fingerprint density at radius 3 is 2.94 bits per heavy atom. The number of nitrogens with zero attached hydrogens (tertiary/aromatic N) is 2. The summed E-state index contributed by atoms with van der Waals surface area (Å²) in [6.07, 6.45) is 4.51. The van der Waals surface area contributed by atoms with Crippen molar-refractivity contribution >= 4 is 5.91 Å². The Hall–Kier alpha value is -1.45.